The lowest BCUT2D eigenvalue weighted by atomic mass is 10.1. The molecule has 0 spiro atoms. The van der Waals surface area contributed by atoms with Crippen molar-refractivity contribution in [2.45, 2.75) is 32.0 Å². The SMILES string of the molecule is COc1ccc(CN2C(=O)c3ccccc3C2=O)cc1C(=O)N(Cc1ccccc1F)C1CC1. The summed E-state index contributed by atoms with van der Waals surface area (Å²) in [6.07, 6.45) is 1.72. The van der Waals surface area contributed by atoms with Crippen molar-refractivity contribution in [2.24, 2.45) is 0 Å². The fraction of sp³-hybridized carbons (Fsp3) is 0.222. The van der Waals surface area contributed by atoms with E-state index in [4.69, 9.17) is 4.74 Å². The molecule has 0 saturated heterocycles. The van der Waals surface area contributed by atoms with Gasteiger partial charge in [-0.2, -0.15) is 0 Å². The zero-order valence-corrected chi connectivity index (χ0v) is 18.7. The molecule has 1 aliphatic heterocycles. The number of nitrogens with zero attached hydrogens (tertiary/aromatic N) is 2. The highest BCUT2D eigenvalue weighted by molar-refractivity contribution is 6.21. The average molecular weight is 458 g/mol. The zero-order valence-electron chi connectivity index (χ0n) is 18.7. The number of carbonyl (C=O) groups excluding carboxylic acids is 3. The van der Waals surface area contributed by atoms with Crippen LogP contribution in [0.5, 0.6) is 5.75 Å². The Morgan fingerprint density at radius 3 is 2.26 bits per heavy atom. The van der Waals surface area contributed by atoms with Crippen molar-refractivity contribution >= 4 is 17.7 Å². The standard InChI is InChI=1S/C27H23FN2O4/c1-34-24-13-10-17(15-30-25(31)20-7-3-4-8-21(20)26(30)32)14-22(24)27(33)29(19-11-12-19)16-18-6-2-5-9-23(18)28/h2-10,13-14,19H,11-12,15-16H2,1H3. The molecular formula is C27H23FN2O4. The minimum atomic E-state index is -0.358. The first kappa shape index (κ1) is 21.8. The predicted octanol–water partition coefficient (Wildman–Crippen LogP) is 4.44. The van der Waals surface area contributed by atoms with Gasteiger partial charge in [-0.1, -0.05) is 36.4 Å². The van der Waals surface area contributed by atoms with Gasteiger partial charge < -0.3 is 9.64 Å². The number of halogens is 1. The van der Waals surface area contributed by atoms with Crippen molar-refractivity contribution in [3.63, 3.8) is 0 Å². The van der Waals surface area contributed by atoms with Crippen LogP contribution < -0.4 is 4.74 Å². The fourth-order valence-electron chi connectivity index (χ4n) is 4.30. The molecule has 0 aromatic heterocycles. The Kier molecular flexibility index (Phi) is 5.61. The average Bonchev–Trinajstić information content (AvgIpc) is 3.67. The van der Waals surface area contributed by atoms with E-state index in [9.17, 15) is 18.8 Å². The summed E-state index contributed by atoms with van der Waals surface area (Å²) in [5.74, 6) is -0.957. The molecular weight excluding hydrogens is 435 g/mol. The summed E-state index contributed by atoms with van der Waals surface area (Å²) in [7, 11) is 1.48. The van der Waals surface area contributed by atoms with Crippen molar-refractivity contribution in [3.8, 4) is 5.75 Å². The van der Waals surface area contributed by atoms with Crippen LogP contribution in [-0.4, -0.2) is 40.7 Å². The molecule has 6 nitrogen and oxygen atoms in total. The summed E-state index contributed by atoms with van der Waals surface area (Å²) >= 11 is 0. The highest BCUT2D eigenvalue weighted by Gasteiger charge is 2.37. The number of hydrogen-bond donors (Lipinski definition) is 0. The van der Waals surface area contributed by atoms with Gasteiger partial charge in [0.05, 0.1) is 30.3 Å². The van der Waals surface area contributed by atoms with Crippen LogP contribution in [0, 0.1) is 5.82 Å². The van der Waals surface area contributed by atoms with Gasteiger partial charge in [0.25, 0.3) is 17.7 Å². The molecule has 1 aliphatic carbocycles. The number of rotatable bonds is 7. The maximum Gasteiger partial charge on any atom is 0.261 e. The van der Waals surface area contributed by atoms with Crippen LogP contribution in [0.4, 0.5) is 4.39 Å². The van der Waals surface area contributed by atoms with Crippen LogP contribution in [-0.2, 0) is 13.1 Å². The molecule has 3 amide bonds. The molecule has 0 unspecified atom stereocenters. The minimum absolute atomic E-state index is 0.0351. The Labute approximate surface area is 196 Å². The van der Waals surface area contributed by atoms with Crippen LogP contribution in [0.2, 0.25) is 0 Å². The third kappa shape index (κ3) is 3.94. The van der Waals surface area contributed by atoms with Crippen LogP contribution in [0.1, 0.15) is 55.0 Å². The van der Waals surface area contributed by atoms with Gasteiger partial charge in [0, 0.05) is 18.2 Å². The molecule has 34 heavy (non-hydrogen) atoms. The van der Waals surface area contributed by atoms with E-state index in [2.05, 4.69) is 0 Å². The lowest BCUT2D eigenvalue weighted by Gasteiger charge is -2.24. The molecule has 1 heterocycles. The number of hydrogen-bond acceptors (Lipinski definition) is 4. The topological polar surface area (TPSA) is 66.9 Å². The van der Waals surface area contributed by atoms with E-state index >= 15 is 0 Å². The van der Waals surface area contributed by atoms with E-state index in [0.717, 1.165) is 12.8 Å². The molecule has 0 N–H and O–H groups in total. The molecule has 1 fully saturated rings. The first-order valence-corrected chi connectivity index (χ1v) is 11.1. The molecule has 0 bridgehead atoms. The van der Waals surface area contributed by atoms with Crippen LogP contribution in [0.15, 0.2) is 66.7 Å². The molecule has 3 aromatic carbocycles. The van der Waals surface area contributed by atoms with E-state index in [0.29, 0.717) is 33.6 Å². The van der Waals surface area contributed by atoms with Crippen LogP contribution in [0.25, 0.3) is 0 Å². The molecule has 7 heteroatoms. The minimum Gasteiger partial charge on any atom is -0.496 e. The lowest BCUT2D eigenvalue weighted by molar-refractivity contribution is 0.0642. The number of benzene rings is 3. The summed E-state index contributed by atoms with van der Waals surface area (Å²) in [4.78, 5) is 42.0. The van der Waals surface area contributed by atoms with Gasteiger partial charge in [0.15, 0.2) is 0 Å². The van der Waals surface area contributed by atoms with Crippen molar-refractivity contribution in [1.82, 2.24) is 9.80 Å². The second-order valence-corrected chi connectivity index (χ2v) is 8.53. The van der Waals surface area contributed by atoms with Gasteiger partial charge in [-0.3, -0.25) is 19.3 Å². The maximum absolute atomic E-state index is 14.3. The maximum atomic E-state index is 14.3. The van der Waals surface area contributed by atoms with Crippen molar-refractivity contribution in [2.75, 3.05) is 7.11 Å². The molecule has 3 aromatic rings. The summed E-state index contributed by atoms with van der Waals surface area (Å²) in [5.41, 5.74) is 2.15. The molecule has 0 atom stereocenters. The Morgan fingerprint density at radius 1 is 1.00 bits per heavy atom. The highest BCUT2D eigenvalue weighted by Crippen LogP contribution is 2.33. The molecule has 172 valence electrons. The number of ether oxygens (including phenoxy) is 1. The van der Waals surface area contributed by atoms with Gasteiger partial charge in [-0.25, -0.2) is 4.39 Å². The van der Waals surface area contributed by atoms with Crippen LogP contribution in [0.3, 0.4) is 0 Å². The van der Waals surface area contributed by atoms with Gasteiger partial charge >= 0.3 is 0 Å². The largest absolute Gasteiger partial charge is 0.496 e. The van der Waals surface area contributed by atoms with E-state index in [-0.39, 0.29) is 42.7 Å². The Hall–Kier alpha value is -4.00. The van der Waals surface area contributed by atoms with Crippen molar-refractivity contribution in [1.29, 1.82) is 0 Å². The first-order valence-electron chi connectivity index (χ1n) is 11.1. The number of methoxy groups -OCH3 is 1. The lowest BCUT2D eigenvalue weighted by Crippen LogP contribution is -2.33. The fourth-order valence-corrected chi connectivity index (χ4v) is 4.30. The summed E-state index contributed by atoms with van der Waals surface area (Å²) in [6, 6.07) is 18.2. The normalized spacial score (nSPS) is 14.8. The van der Waals surface area contributed by atoms with Gasteiger partial charge in [-0.15, -0.1) is 0 Å². The van der Waals surface area contributed by atoms with Crippen LogP contribution >= 0.6 is 0 Å². The van der Waals surface area contributed by atoms with E-state index in [1.165, 1.54) is 18.1 Å². The molecule has 1 saturated carbocycles. The smallest absolute Gasteiger partial charge is 0.261 e. The monoisotopic (exact) mass is 458 g/mol. The third-order valence-corrected chi connectivity index (χ3v) is 6.26. The molecule has 2 aliphatic rings. The number of amides is 3. The van der Waals surface area contributed by atoms with E-state index < -0.39 is 0 Å². The number of imide groups is 1. The molecule has 5 rings (SSSR count). The Balaban J connectivity index is 1.43. The van der Waals surface area contributed by atoms with Gasteiger partial charge in [0.2, 0.25) is 0 Å². The van der Waals surface area contributed by atoms with Gasteiger partial charge in [0.1, 0.15) is 11.6 Å². The second kappa shape index (κ2) is 8.74. The summed E-state index contributed by atoms with van der Waals surface area (Å²) in [5, 5.41) is 0. The van der Waals surface area contributed by atoms with Gasteiger partial charge in [-0.05, 0) is 48.7 Å². The Bertz CT molecular complexity index is 1270. The Morgan fingerprint density at radius 2 is 1.65 bits per heavy atom. The number of fused-ring (bicyclic) bond motifs is 1. The predicted molar refractivity (Wildman–Crippen MR) is 123 cm³/mol. The van der Waals surface area contributed by atoms with Crippen molar-refractivity contribution < 1.29 is 23.5 Å². The summed E-state index contributed by atoms with van der Waals surface area (Å²) < 4.78 is 19.7. The highest BCUT2D eigenvalue weighted by atomic mass is 19.1. The quantitative estimate of drug-likeness (QED) is 0.491. The summed E-state index contributed by atoms with van der Waals surface area (Å²) in [6.45, 7) is 0.190. The third-order valence-electron chi connectivity index (χ3n) is 6.26. The second-order valence-electron chi connectivity index (χ2n) is 8.53. The first-order chi connectivity index (χ1) is 16.5. The van der Waals surface area contributed by atoms with E-state index in [1.807, 2.05) is 0 Å². The molecule has 0 radical (unpaired) electrons. The van der Waals surface area contributed by atoms with Crippen molar-refractivity contribution in [3.05, 3.63) is 100 Å². The number of carbonyl (C=O) groups is 3. The zero-order chi connectivity index (χ0) is 23.8. The van der Waals surface area contributed by atoms with E-state index in [1.54, 1.807) is 65.6 Å².